The molecule has 0 saturated carbocycles. The summed E-state index contributed by atoms with van der Waals surface area (Å²) in [4.78, 5) is 0. The quantitative estimate of drug-likeness (QED) is 0.585. The molecular formula is C22H26. The molecule has 0 aromatic heterocycles. The molecule has 0 saturated heterocycles. The molecular weight excluding hydrogens is 264 g/mol. The van der Waals surface area contributed by atoms with Gasteiger partial charge in [-0.05, 0) is 74.9 Å². The van der Waals surface area contributed by atoms with Crippen LogP contribution in [0.3, 0.4) is 0 Å². The van der Waals surface area contributed by atoms with Gasteiger partial charge in [-0.2, -0.15) is 0 Å². The zero-order valence-electron chi connectivity index (χ0n) is 14.6. The Morgan fingerprint density at radius 3 is 1.05 bits per heavy atom. The Morgan fingerprint density at radius 1 is 0.500 bits per heavy atom. The van der Waals surface area contributed by atoms with Crippen molar-refractivity contribution in [2.75, 3.05) is 0 Å². The Kier molecular flexibility index (Phi) is 5.03. The first-order valence-electron chi connectivity index (χ1n) is 7.89. The molecule has 0 radical (unpaired) electrons. The van der Waals surface area contributed by atoms with Crippen molar-refractivity contribution >= 4 is 12.2 Å². The summed E-state index contributed by atoms with van der Waals surface area (Å²) in [6.07, 6.45) is 8.70. The second-order valence-corrected chi connectivity index (χ2v) is 6.34. The van der Waals surface area contributed by atoms with Gasteiger partial charge in [-0.3, -0.25) is 0 Å². The predicted octanol–water partition coefficient (Wildman–Crippen LogP) is 6.26. The zero-order valence-corrected chi connectivity index (χ0v) is 14.6. The smallest absolute Gasteiger partial charge is 0.0198 e. The summed E-state index contributed by atoms with van der Waals surface area (Å²) in [5, 5.41) is 0. The van der Waals surface area contributed by atoms with Crippen LogP contribution in [-0.4, -0.2) is 0 Å². The van der Waals surface area contributed by atoms with Crippen LogP contribution in [0, 0.1) is 41.5 Å². The minimum atomic E-state index is 1.33. The Labute approximate surface area is 135 Å². The predicted molar refractivity (Wildman–Crippen MR) is 99.4 cm³/mol. The van der Waals surface area contributed by atoms with Crippen molar-refractivity contribution in [1.82, 2.24) is 0 Å². The van der Waals surface area contributed by atoms with Crippen LogP contribution in [-0.2, 0) is 0 Å². The van der Waals surface area contributed by atoms with Crippen LogP contribution in [0.25, 0.3) is 12.2 Å². The SMILES string of the molecule is Cc1cc(C)c(C=C/C=C/c2c(C)cc(C)cc2C)c(C)c1. The van der Waals surface area contributed by atoms with Crippen molar-refractivity contribution in [2.45, 2.75) is 41.5 Å². The van der Waals surface area contributed by atoms with Crippen molar-refractivity contribution in [1.29, 1.82) is 0 Å². The van der Waals surface area contributed by atoms with Crippen LogP contribution in [0.1, 0.15) is 44.5 Å². The molecule has 0 aliphatic carbocycles. The molecule has 2 aromatic carbocycles. The van der Waals surface area contributed by atoms with E-state index in [4.69, 9.17) is 0 Å². The van der Waals surface area contributed by atoms with Gasteiger partial charge < -0.3 is 0 Å². The third-order valence-corrected chi connectivity index (χ3v) is 4.11. The number of rotatable bonds is 3. The van der Waals surface area contributed by atoms with E-state index in [1.807, 2.05) is 0 Å². The van der Waals surface area contributed by atoms with Crippen molar-refractivity contribution in [2.24, 2.45) is 0 Å². The third kappa shape index (κ3) is 3.76. The lowest BCUT2D eigenvalue weighted by molar-refractivity contribution is 1.30. The standard InChI is InChI=1S/C22H26/c1-15-11-17(3)21(18(4)12-15)9-7-8-10-22-19(5)13-16(2)14-20(22)6/h7-14H,1-6H3/b9-7+,10-8?. The molecule has 0 unspecified atom stereocenters. The van der Waals surface area contributed by atoms with E-state index in [1.165, 1.54) is 44.5 Å². The van der Waals surface area contributed by atoms with Gasteiger partial charge in [0.2, 0.25) is 0 Å². The van der Waals surface area contributed by atoms with Gasteiger partial charge in [0.15, 0.2) is 0 Å². The minimum absolute atomic E-state index is 1.33. The largest absolute Gasteiger partial charge is 0.0616 e. The fraction of sp³-hybridized carbons (Fsp3) is 0.273. The van der Waals surface area contributed by atoms with Crippen LogP contribution in [0.2, 0.25) is 0 Å². The Hall–Kier alpha value is -2.08. The van der Waals surface area contributed by atoms with Gasteiger partial charge >= 0.3 is 0 Å². The van der Waals surface area contributed by atoms with Crippen molar-refractivity contribution in [3.05, 3.63) is 80.9 Å². The van der Waals surface area contributed by atoms with Crippen LogP contribution in [0.4, 0.5) is 0 Å². The molecule has 0 amide bonds. The number of benzene rings is 2. The minimum Gasteiger partial charge on any atom is -0.0616 e. The topological polar surface area (TPSA) is 0 Å². The molecule has 0 atom stereocenters. The lowest BCUT2D eigenvalue weighted by Crippen LogP contribution is -1.88. The highest BCUT2D eigenvalue weighted by molar-refractivity contribution is 5.64. The van der Waals surface area contributed by atoms with Gasteiger partial charge in [-0.25, -0.2) is 0 Å². The highest BCUT2D eigenvalue weighted by atomic mass is 14.1. The second-order valence-electron chi connectivity index (χ2n) is 6.34. The number of aryl methyl sites for hydroxylation is 6. The van der Waals surface area contributed by atoms with E-state index in [0.29, 0.717) is 0 Å². The van der Waals surface area contributed by atoms with Crippen molar-refractivity contribution in [3.8, 4) is 0 Å². The maximum atomic E-state index is 2.24. The maximum absolute atomic E-state index is 2.24. The van der Waals surface area contributed by atoms with Gasteiger partial charge in [-0.15, -0.1) is 0 Å². The summed E-state index contributed by atoms with van der Waals surface area (Å²) in [6, 6.07) is 8.96. The molecule has 0 nitrogen and oxygen atoms in total. The fourth-order valence-corrected chi connectivity index (χ4v) is 3.21. The molecule has 0 aliphatic heterocycles. The molecule has 0 spiro atoms. The Bertz CT molecular complexity index is 631. The Balaban J connectivity index is 2.24. The number of hydrogen-bond donors (Lipinski definition) is 0. The highest BCUT2D eigenvalue weighted by Gasteiger charge is 2.00. The third-order valence-electron chi connectivity index (χ3n) is 4.11. The zero-order chi connectivity index (χ0) is 16.3. The fourth-order valence-electron chi connectivity index (χ4n) is 3.21. The summed E-state index contributed by atoms with van der Waals surface area (Å²) in [5.41, 5.74) is 10.7. The van der Waals surface area contributed by atoms with E-state index in [1.54, 1.807) is 0 Å². The lowest BCUT2D eigenvalue weighted by Gasteiger charge is -2.07. The van der Waals surface area contributed by atoms with Crippen LogP contribution in [0.15, 0.2) is 36.4 Å². The van der Waals surface area contributed by atoms with Gasteiger partial charge in [-0.1, -0.05) is 59.7 Å². The second kappa shape index (κ2) is 6.79. The first-order chi connectivity index (χ1) is 10.4. The normalized spacial score (nSPS) is 11.7. The monoisotopic (exact) mass is 290 g/mol. The van der Waals surface area contributed by atoms with E-state index < -0.39 is 0 Å². The Morgan fingerprint density at radius 2 is 0.773 bits per heavy atom. The van der Waals surface area contributed by atoms with Gasteiger partial charge in [0.05, 0.1) is 0 Å². The summed E-state index contributed by atoms with van der Waals surface area (Å²) < 4.78 is 0. The van der Waals surface area contributed by atoms with E-state index >= 15 is 0 Å². The molecule has 0 fully saturated rings. The lowest BCUT2D eigenvalue weighted by atomic mass is 9.98. The molecule has 22 heavy (non-hydrogen) atoms. The average molecular weight is 290 g/mol. The number of hydrogen-bond acceptors (Lipinski definition) is 0. The van der Waals surface area contributed by atoms with Crippen LogP contribution in [0.5, 0.6) is 0 Å². The van der Waals surface area contributed by atoms with E-state index in [2.05, 4.69) is 90.1 Å². The van der Waals surface area contributed by atoms with E-state index in [0.717, 1.165) is 0 Å². The molecule has 0 N–H and O–H groups in total. The molecule has 2 aromatic rings. The van der Waals surface area contributed by atoms with Gasteiger partial charge in [0.1, 0.15) is 0 Å². The molecule has 0 heteroatoms. The van der Waals surface area contributed by atoms with E-state index in [9.17, 15) is 0 Å². The highest BCUT2D eigenvalue weighted by Crippen LogP contribution is 2.19. The first kappa shape index (κ1) is 16.3. The number of allylic oxidation sites excluding steroid dienone is 2. The summed E-state index contributed by atoms with van der Waals surface area (Å²) in [5.74, 6) is 0. The molecule has 0 bridgehead atoms. The molecule has 0 aliphatic rings. The van der Waals surface area contributed by atoms with Crippen molar-refractivity contribution < 1.29 is 0 Å². The summed E-state index contributed by atoms with van der Waals surface area (Å²) in [7, 11) is 0. The average Bonchev–Trinajstić information content (AvgIpc) is 2.38. The van der Waals surface area contributed by atoms with Crippen LogP contribution >= 0.6 is 0 Å². The molecule has 0 heterocycles. The maximum Gasteiger partial charge on any atom is -0.0198 e. The summed E-state index contributed by atoms with van der Waals surface area (Å²) in [6.45, 7) is 13.0. The summed E-state index contributed by atoms with van der Waals surface area (Å²) >= 11 is 0. The van der Waals surface area contributed by atoms with Crippen molar-refractivity contribution in [3.63, 3.8) is 0 Å². The first-order valence-corrected chi connectivity index (χ1v) is 7.89. The van der Waals surface area contributed by atoms with Gasteiger partial charge in [0.25, 0.3) is 0 Å². The molecule has 2 rings (SSSR count). The van der Waals surface area contributed by atoms with Gasteiger partial charge in [0, 0.05) is 0 Å². The van der Waals surface area contributed by atoms with E-state index in [-0.39, 0.29) is 0 Å². The van der Waals surface area contributed by atoms with Crippen LogP contribution < -0.4 is 0 Å². The molecule has 114 valence electrons.